The van der Waals surface area contributed by atoms with Crippen LogP contribution in [0, 0.1) is 5.41 Å². The van der Waals surface area contributed by atoms with Crippen LogP contribution >= 0.6 is 0 Å². The van der Waals surface area contributed by atoms with Crippen molar-refractivity contribution in [1.29, 1.82) is 5.41 Å². The maximum Gasteiger partial charge on any atom is 0.261 e. The molecule has 0 saturated heterocycles. The first kappa shape index (κ1) is 15.8. The molecular formula is C19H18N2O3. The molecule has 5 heteroatoms. The first-order chi connectivity index (χ1) is 11.6. The van der Waals surface area contributed by atoms with Crippen molar-refractivity contribution >= 4 is 22.6 Å². The summed E-state index contributed by atoms with van der Waals surface area (Å²) in [4.78, 5) is 12.5. The molecule has 24 heavy (non-hydrogen) atoms. The Morgan fingerprint density at radius 1 is 1.21 bits per heavy atom. The quantitative estimate of drug-likeness (QED) is 0.768. The summed E-state index contributed by atoms with van der Waals surface area (Å²) >= 11 is 0. The molecule has 0 atom stereocenters. The van der Waals surface area contributed by atoms with Gasteiger partial charge in [0.15, 0.2) is 11.3 Å². The molecule has 3 rings (SSSR count). The summed E-state index contributed by atoms with van der Waals surface area (Å²) in [6.07, 6.45) is 0.941. The van der Waals surface area contributed by atoms with E-state index in [0.717, 1.165) is 6.42 Å². The second-order valence-corrected chi connectivity index (χ2v) is 5.37. The van der Waals surface area contributed by atoms with Crippen LogP contribution in [0.1, 0.15) is 22.8 Å². The number of carbonyl (C=O) groups excluding carboxylic acids is 1. The Morgan fingerprint density at radius 3 is 2.62 bits per heavy atom. The van der Waals surface area contributed by atoms with E-state index in [1.54, 1.807) is 12.1 Å². The number of benzene rings is 2. The van der Waals surface area contributed by atoms with Crippen molar-refractivity contribution in [3.8, 4) is 5.75 Å². The van der Waals surface area contributed by atoms with Crippen LogP contribution in [-0.2, 0) is 6.42 Å². The maximum absolute atomic E-state index is 12.5. The summed E-state index contributed by atoms with van der Waals surface area (Å²) < 4.78 is 10.7. The van der Waals surface area contributed by atoms with Crippen LogP contribution in [0.3, 0.4) is 0 Å². The van der Waals surface area contributed by atoms with Crippen LogP contribution in [0.5, 0.6) is 5.75 Å². The SMILES string of the molecule is CCc1ccc(NC(=O)c2cc3cccc(OC)c3oc2=N)cc1. The molecule has 2 N–H and O–H groups in total. The number of aryl methyl sites for hydroxylation is 1. The monoisotopic (exact) mass is 322 g/mol. The van der Waals surface area contributed by atoms with E-state index in [4.69, 9.17) is 14.6 Å². The third kappa shape index (κ3) is 3.01. The Bertz CT molecular complexity index is 943. The van der Waals surface area contributed by atoms with Crippen LogP contribution in [0.25, 0.3) is 11.0 Å². The van der Waals surface area contributed by atoms with Gasteiger partial charge in [0, 0.05) is 11.1 Å². The van der Waals surface area contributed by atoms with E-state index < -0.39 is 0 Å². The number of ether oxygens (including phenoxy) is 1. The third-order valence-electron chi connectivity index (χ3n) is 3.84. The second-order valence-electron chi connectivity index (χ2n) is 5.37. The fourth-order valence-corrected chi connectivity index (χ4v) is 2.49. The lowest BCUT2D eigenvalue weighted by atomic mass is 10.1. The molecular weight excluding hydrogens is 304 g/mol. The lowest BCUT2D eigenvalue weighted by Gasteiger charge is -2.08. The van der Waals surface area contributed by atoms with Gasteiger partial charge in [-0.15, -0.1) is 0 Å². The van der Waals surface area contributed by atoms with Crippen molar-refractivity contribution in [2.24, 2.45) is 0 Å². The van der Waals surface area contributed by atoms with Gasteiger partial charge < -0.3 is 14.5 Å². The largest absolute Gasteiger partial charge is 0.493 e. The van der Waals surface area contributed by atoms with Gasteiger partial charge in [-0.05, 0) is 36.2 Å². The molecule has 0 fully saturated rings. The molecule has 122 valence electrons. The van der Waals surface area contributed by atoms with Crippen LogP contribution in [0.2, 0.25) is 0 Å². The molecule has 0 unspecified atom stereocenters. The summed E-state index contributed by atoms with van der Waals surface area (Å²) in [5.74, 6) is 0.154. The van der Waals surface area contributed by atoms with E-state index in [1.807, 2.05) is 36.4 Å². The number of para-hydroxylation sites is 1. The molecule has 0 bridgehead atoms. The van der Waals surface area contributed by atoms with Crippen molar-refractivity contribution in [2.45, 2.75) is 13.3 Å². The van der Waals surface area contributed by atoms with Crippen molar-refractivity contribution in [2.75, 3.05) is 12.4 Å². The summed E-state index contributed by atoms with van der Waals surface area (Å²) in [6.45, 7) is 2.07. The Kier molecular flexibility index (Phi) is 4.33. The fraction of sp³-hybridized carbons (Fsp3) is 0.158. The Balaban J connectivity index is 1.94. The highest BCUT2D eigenvalue weighted by atomic mass is 16.5. The van der Waals surface area contributed by atoms with Crippen molar-refractivity contribution < 1.29 is 13.9 Å². The smallest absolute Gasteiger partial charge is 0.261 e. The average molecular weight is 322 g/mol. The number of rotatable bonds is 4. The molecule has 0 spiro atoms. The predicted molar refractivity (Wildman–Crippen MR) is 92.4 cm³/mol. The predicted octanol–water partition coefficient (Wildman–Crippen LogP) is 3.74. The normalized spacial score (nSPS) is 10.6. The van der Waals surface area contributed by atoms with Gasteiger partial charge in [0.2, 0.25) is 5.55 Å². The summed E-state index contributed by atoms with van der Waals surface area (Å²) in [5, 5.41) is 11.5. The lowest BCUT2D eigenvalue weighted by molar-refractivity contribution is 0.102. The fourth-order valence-electron chi connectivity index (χ4n) is 2.49. The minimum absolute atomic E-state index is 0.176. The van der Waals surface area contributed by atoms with Gasteiger partial charge in [0.25, 0.3) is 5.91 Å². The zero-order valence-electron chi connectivity index (χ0n) is 13.6. The van der Waals surface area contributed by atoms with Crippen LogP contribution in [0.15, 0.2) is 52.9 Å². The number of hydrogen-bond acceptors (Lipinski definition) is 4. The van der Waals surface area contributed by atoms with Crippen molar-refractivity contribution in [3.63, 3.8) is 0 Å². The molecule has 0 aliphatic carbocycles. The molecule has 0 aliphatic heterocycles. The molecule has 0 saturated carbocycles. The lowest BCUT2D eigenvalue weighted by Crippen LogP contribution is -2.20. The number of anilines is 1. The molecule has 3 aromatic rings. The molecule has 1 heterocycles. The van der Waals surface area contributed by atoms with E-state index in [2.05, 4.69) is 12.2 Å². The maximum atomic E-state index is 12.5. The summed E-state index contributed by atoms with van der Waals surface area (Å²) in [7, 11) is 1.54. The van der Waals surface area contributed by atoms with E-state index in [1.165, 1.54) is 12.7 Å². The van der Waals surface area contributed by atoms with E-state index in [-0.39, 0.29) is 17.0 Å². The highest BCUT2D eigenvalue weighted by Gasteiger charge is 2.13. The molecule has 1 amide bonds. The Labute approximate surface area is 139 Å². The number of nitrogens with one attached hydrogen (secondary N) is 2. The highest BCUT2D eigenvalue weighted by molar-refractivity contribution is 6.05. The Morgan fingerprint density at radius 2 is 1.96 bits per heavy atom. The van der Waals surface area contributed by atoms with Crippen LogP contribution in [-0.4, -0.2) is 13.0 Å². The van der Waals surface area contributed by atoms with Gasteiger partial charge in [0.1, 0.15) is 5.56 Å². The first-order valence-electron chi connectivity index (χ1n) is 7.68. The van der Waals surface area contributed by atoms with Gasteiger partial charge in [-0.3, -0.25) is 10.2 Å². The van der Waals surface area contributed by atoms with Crippen LogP contribution in [0.4, 0.5) is 5.69 Å². The zero-order valence-corrected chi connectivity index (χ0v) is 13.6. The van der Waals surface area contributed by atoms with Crippen molar-refractivity contribution in [3.05, 3.63) is 65.2 Å². The highest BCUT2D eigenvalue weighted by Crippen LogP contribution is 2.24. The Hall–Kier alpha value is -3.08. The van der Waals surface area contributed by atoms with Gasteiger partial charge >= 0.3 is 0 Å². The minimum Gasteiger partial charge on any atom is -0.493 e. The molecule has 1 aromatic heterocycles. The molecule has 0 radical (unpaired) electrons. The van der Waals surface area contributed by atoms with Gasteiger partial charge in [-0.25, -0.2) is 0 Å². The van der Waals surface area contributed by atoms with Gasteiger partial charge in [-0.1, -0.05) is 31.2 Å². The number of fused-ring (bicyclic) bond motifs is 1. The zero-order chi connectivity index (χ0) is 17.1. The van der Waals surface area contributed by atoms with E-state index in [0.29, 0.717) is 22.4 Å². The topological polar surface area (TPSA) is 75.3 Å². The van der Waals surface area contributed by atoms with Crippen molar-refractivity contribution in [1.82, 2.24) is 0 Å². The first-order valence-corrected chi connectivity index (χ1v) is 7.68. The summed E-state index contributed by atoms with van der Waals surface area (Å²) in [6, 6.07) is 14.6. The number of methoxy groups -OCH3 is 1. The van der Waals surface area contributed by atoms with Gasteiger partial charge in [-0.2, -0.15) is 0 Å². The second kappa shape index (κ2) is 6.58. The average Bonchev–Trinajstić information content (AvgIpc) is 2.61. The standard InChI is InChI=1S/C19H18N2O3/c1-3-12-7-9-14(10-8-12)21-19(22)15-11-13-5-4-6-16(23-2)17(13)24-18(15)20/h4-11,20H,3H2,1-2H3,(H,21,22). The number of hydrogen-bond donors (Lipinski definition) is 2. The number of amides is 1. The minimum atomic E-state index is -0.377. The van der Waals surface area contributed by atoms with E-state index >= 15 is 0 Å². The third-order valence-corrected chi connectivity index (χ3v) is 3.84. The molecule has 5 nitrogen and oxygen atoms in total. The summed E-state index contributed by atoms with van der Waals surface area (Å²) in [5.41, 5.74) is 2.31. The van der Waals surface area contributed by atoms with Crippen LogP contribution < -0.4 is 15.6 Å². The van der Waals surface area contributed by atoms with E-state index in [9.17, 15) is 4.79 Å². The molecule has 0 aliphatic rings. The van der Waals surface area contributed by atoms with Gasteiger partial charge in [0.05, 0.1) is 7.11 Å². The molecule has 2 aromatic carbocycles. The number of carbonyl (C=O) groups is 1.